The molecule has 4 aliphatic carbocycles. The van der Waals surface area contributed by atoms with Crippen molar-refractivity contribution in [3.05, 3.63) is 0 Å². The lowest BCUT2D eigenvalue weighted by Crippen LogP contribution is -2.52. The van der Waals surface area contributed by atoms with Crippen molar-refractivity contribution in [2.24, 2.45) is 29.6 Å². The first-order chi connectivity index (χ1) is 7.44. The summed E-state index contributed by atoms with van der Waals surface area (Å²) in [6.07, 6.45) is 3.78. The van der Waals surface area contributed by atoms with Crippen LogP contribution in [-0.2, 0) is 14.9 Å². The summed E-state index contributed by atoms with van der Waals surface area (Å²) in [7, 11) is -3.94. The highest BCUT2D eigenvalue weighted by atomic mass is 32.2. The van der Waals surface area contributed by atoms with E-state index in [1.54, 1.807) is 0 Å². The van der Waals surface area contributed by atoms with Gasteiger partial charge in [-0.15, -0.1) is 0 Å². The molecular formula is C11H16O4S. The predicted octanol–water partition coefficient (Wildman–Crippen LogP) is 1.13. The Morgan fingerprint density at radius 2 is 1.94 bits per heavy atom. The van der Waals surface area contributed by atoms with Gasteiger partial charge in [0.1, 0.15) is 5.78 Å². The fourth-order valence-corrected chi connectivity index (χ4v) is 5.24. The van der Waals surface area contributed by atoms with Crippen molar-refractivity contribution in [1.29, 1.82) is 0 Å². The first kappa shape index (κ1) is 10.7. The molecule has 16 heavy (non-hydrogen) atoms. The van der Waals surface area contributed by atoms with E-state index in [4.69, 9.17) is 4.55 Å². The third kappa shape index (κ3) is 1.61. The van der Waals surface area contributed by atoms with Gasteiger partial charge in [0, 0.05) is 11.8 Å². The van der Waals surface area contributed by atoms with Crippen LogP contribution in [0.1, 0.15) is 25.7 Å². The minimum absolute atomic E-state index is 0.0850. The monoisotopic (exact) mass is 244 g/mol. The van der Waals surface area contributed by atoms with Gasteiger partial charge < -0.3 is 0 Å². The summed E-state index contributed by atoms with van der Waals surface area (Å²) in [6.45, 7) is 0. The van der Waals surface area contributed by atoms with Gasteiger partial charge in [0.05, 0.1) is 5.75 Å². The fraction of sp³-hybridized carbons (Fsp3) is 0.909. The van der Waals surface area contributed by atoms with E-state index in [9.17, 15) is 13.2 Å². The van der Waals surface area contributed by atoms with E-state index in [0.717, 1.165) is 25.7 Å². The number of hydrogen-bond donors (Lipinski definition) is 1. The molecular weight excluding hydrogens is 228 g/mol. The summed E-state index contributed by atoms with van der Waals surface area (Å²) in [5.74, 6) is 1.02. The molecule has 0 amide bonds. The van der Waals surface area contributed by atoms with Crippen molar-refractivity contribution >= 4 is 15.9 Å². The minimum Gasteiger partial charge on any atom is -0.299 e. The molecule has 5 atom stereocenters. The molecule has 4 bridgehead atoms. The second-order valence-corrected chi connectivity index (χ2v) is 7.18. The Balaban J connectivity index is 1.88. The van der Waals surface area contributed by atoms with Crippen LogP contribution in [0.3, 0.4) is 0 Å². The van der Waals surface area contributed by atoms with Crippen LogP contribution in [0, 0.1) is 29.6 Å². The zero-order valence-corrected chi connectivity index (χ0v) is 9.82. The van der Waals surface area contributed by atoms with Gasteiger partial charge in [-0.25, -0.2) is 0 Å². The molecule has 90 valence electrons. The molecule has 4 nitrogen and oxygen atoms in total. The molecule has 4 fully saturated rings. The van der Waals surface area contributed by atoms with Crippen molar-refractivity contribution in [3.8, 4) is 0 Å². The Kier molecular flexibility index (Phi) is 2.20. The number of carbonyl (C=O) groups excluding carboxylic acids is 1. The van der Waals surface area contributed by atoms with Gasteiger partial charge in [0.2, 0.25) is 0 Å². The standard InChI is InChI=1S/C11H16O4S/c12-11-8-2-6-1-7(4-8)10(9(11)3-6)5-16(13,14)15/h6-10H,1-5H2,(H,13,14,15). The van der Waals surface area contributed by atoms with E-state index in [-0.39, 0.29) is 29.3 Å². The molecule has 0 spiro atoms. The van der Waals surface area contributed by atoms with E-state index in [1.165, 1.54) is 0 Å². The number of hydrogen-bond acceptors (Lipinski definition) is 3. The first-order valence-corrected chi connectivity index (χ1v) is 7.54. The molecule has 0 aromatic rings. The lowest BCUT2D eigenvalue weighted by Gasteiger charge is -2.52. The number of Topliss-reactive ketones (excluding diaryl/α,β-unsaturated/α-hetero) is 1. The van der Waals surface area contributed by atoms with E-state index in [1.807, 2.05) is 0 Å². The molecule has 4 rings (SSSR count). The third-order valence-electron chi connectivity index (χ3n) is 4.72. The summed E-state index contributed by atoms with van der Waals surface area (Å²) in [5.41, 5.74) is 0. The van der Waals surface area contributed by atoms with Crippen LogP contribution in [0.5, 0.6) is 0 Å². The van der Waals surface area contributed by atoms with Gasteiger partial charge in [-0.05, 0) is 43.4 Å². The quantitative estimate of drug-likeness (QED) is 0.739. The SMILES string of the molecule is O=C1C2CC3CC(C2)C(CS(=O)(=O)O)C1C3. The van der Waals surface area contributed by atoms with Crippen molar-refractivity contribution in [1.82, 2.24) is 0 Å². The summed E-state index contributed by atoms with van der Waals surface area (Å²) >= 11 is 0. The smallest absolute Gasteiger partial charge is 0.265 e. The zero-order valence-electron chi connectivity index (χ0n) is 9.00. The van der Waals surface area contributed by atoms with Crippen LogP contribution < -0.4 is 0 Å². The fourth-order valence-electron chi connectivity index (χ4n) is 4.25. The van der Waals surface area contributed by atoms with Crippen molar-refractivity contribution < 1.29 is 17.8 Å². The summed E-state index contributed by atoms with van der Waals surface area (Å²) in [4.78, 5) is 12.0. The van der Waals surface area contributed by atoms with E-state index < -0.39 is 10.1 Å². The van der Waals surface area contributed by atoms with Gasteiger partial charge in [-0.2, -0.15) is 8.42 Å². The van der Waals surface area contributed by atoms with Crippen LogP contribution in [0.2, 0.25) is 0 Å². The average molecular weight is 244 g/mol. The predicted molar refractivity (Wildman–Crippen MR) is 57.3 cm³/mol. The summed E-state index contributed by atoms with van der Waals surface area (Å²) in [6, 6.07) is 0. The van der Waals surface area contributed by atoms with Crippen molar-refractivity contribution in [2.45, 2.75) is 25.7 Å². The van der Waals surface area contributed by atoms with E-state index in [0.29, 0.717) is 11.8 Å². The molecule has 5 unspecified atom stereocenters. The van der Waals surface area contributed by atoms with Crippen molar-refractivity contribution in [2.75, 3.05) is 5.75 Å². The van der Waals surface area contributed by atoms with Gasteiger partial charge in [-0.3, -0.25) is 9.35 Å². The summed E-state index contributed by atoms with van der Waals surface area (Å²) < 4.78 is 30.9. The summed E-state index contributed by atoms with van der Waals surface area (Å²) in [5, 5.41) is 0. The lowest BCUT2D eigenvalue weighted by atomic mass is 9.52. The molecule has 0 aliphatic heterocycles. The highest BCUT2D eigenvalue weighted by Gasteiger charge is 2.53. The van der Waals surface area contributed by atoms with Crippen LogP contribution in [0.4, 0.5) is 0 Å². The molecule has 0 aromatic heterocycles. The zero-order chi connectivity index (χ0) is 11.5. The Morgan fingerprint density at radius 3 is 2.62 bits per heavy atom. The molecule has 4 aliphatic rings. The maximum atomic E-state index is 12.0. The first-order valence-electron chi connectivity index (χ1n) is 5.93. The Morgan fingerprint density at radius 1 is 1.19 bits per heavy atom. The van der Waals surface area contributed by atoms with Crippen LogP contribution in [-0.4, -0.2) is 24.5 Å². The molecule has 4 saturated carbocycles. The van der Waals surface area contributed by atoms with Gasteiger partial charge in [0.25, 0.3) is 10.1 Å². The maximum absolute atomic E-state index is 12.0. The number of ketones is 1. The van der Waals surface area contributed by atoms with E-state index in [2.05, 4.69) is 0 Å². The third-order valence-corrected chi connectivity index (χ3v) is 5.53. The van der Waals surface area contributed by atoms with Crippen molar-refractivity contribution in [3.63, 3.8) is 0 Å². The second-order valence-electron chi connectivity index (χ2n) is 5.69. The molecule has 0 heterocycles. The van der Waals surface area contributed by atoms with Gasteiger partial charge >= 0.3 is 0 Å². The largest absolute Gasteiger partial charge is 0.299 e. The number of rotatable bonds is 2. The minimum atomic E-state index is -3.94. The van der Waals surface area contributed by atoms with Crippen LogP contribution in [0.15, 0.2) is 0 Å². The lowest BCUT2D eigenvalue weighted by molar-refractivity contribution is -0.145. The number of carbonyl (C=O) groups is 1. The van der Waals surface area contributed by atoms with E-state index >= 15 is 0 Å². The van der Waals surface area contributed by atoms with Gasteiger partial charge in [-0.1, -0.05) is 0 Å². The normalized spacial score (nSPS) is 46.3. The topological polar surface area (TPSA) is 71.4 Å². The highest BCUT2D eigenvalue weighted by molar-refractivity contribution is 7.85. The Bertz CT molecular complexity index is 427. The molecule has 0 radical (unpaired) electrons. The maximum Gasteiger partial charge on any atom is 0.265 e. The van der Waals surface area contributed by atoms with Crippen LogP contribution in [0.25, 0.3) is 0 Å². The molecule has 0 saturated heterocycles. The van der Waals surface area contributed by atoms with Gasteiger partial charge in [0.15, 0.2) is 0 Å². The Labute approximate surface area is 95.2 Å². The molecule has 5 heteroatoms. The average Bonchev–Trinajstić information content (AvgIpc) is 2.17. The highest BCUT2D eigenvalue weighted by Crippen LogP contribution is 2.54. The van der Waals surface area contributed by atoms with Crippen LogP contribution >= 0.6 is 0 Å². The second kappa shape index (κ2) is 3.29. The molecule has 0 aromatic carbocycles. The Hall–Kier alpha value is -0.420. The molecule has 1 N–H and O–H groups in total.